The van der Waals surface area contributed by atoms with Crippen LogP contribution in [-0.4, -0.2) is 22.5 Å². The molecule has 0 fully saturated rings. The Morgan fingerprint density at radius 1 is 1.41 bits per heavy atom. The molecule has 22 heavy (non-hydrogen) atoms. The van der Waals surface area contributed by atoms with Crippen LogP contribution in [0.2, 0.25) is 0 Å². The third kappa shape index (κ3) is 2.83. The van der Waals surface area contributed by atoms with Crippen molar-refractivity contribution in [2.45, 2.75) is 26.7 Å². The lowest BCUT2D eigenvalue weighted by Crippen LogP contribution is -2.32. The number of ether oxygens (including phenoxy) is 1. The maximum absolute atomic E-state index is 12.3. The average molecular weight is 303 g/mol. The topological polar surface area (TPSA) is 94.4 Å². The van der Waals surface area contributed by atoms with Crippen molar-refractivity contribution in [2.24, 2.45) is 0 Å². The van der Waals surface area contributed by atoms with E-state index in [1.165, 1.54) is 0 Å². The summed E-state index contributed by atoms with van der Waals surface area (Å²) in [6.45, 7) is 5.19. The van der Waals surface area contributed by atoms with Crippen molar-refractivity contribution in [2.75, 3.05) is 6.61 Å². The van der Waals surface area contributed by atoms with Crippen molar-refractivity contribution in [1.82, 2.24) is 10.3 Å². The van der Waals surface area contributed by atoms with Crippen molar-refractivity contribution >= 4 is 5.97 Å². The lowest BCUT2D eigenvalue weighted by Gasteiger charge is -2.25. The summed E-state index contributed by atoms with van der Waals surface area (Å²) in [4.78, 5) is 27.5. The van der Waals surface area contributed by atoms with Gasteiger partial charge in [0.2, 0.25) is 0 Å². The van der Waals surface area contributed by atoms with Crippen LogP contribution < -0.4 is 5.32 Å². The molecule has 0 saturated carbocycles. The van der Waals surface area contributed by atoms with Crippen LogP contribution in [0.5, 0.6) is 0 Å². The van der Waals surface area contributed by atoms with Crippen LogP contribution in [0.4, 0.5) is 0 Å². The monoisotopic (exact) mass is 303 g/mol. The molecule has 0 spiro atoms. The second-order valence-electron chi connectivity index (χ2n) is 4.84. The van der Waals surface area contributed by atoms with Crippen molar-refractivity contribution in [3.63, 3.8) is 0 Å². The number of hydrogen-bond donors (Lipinski definition) is 1. The van der Waals surface area contributed by atoms with Gasteiger partial charge in [-0.2, -0.15) is 0 Å². The summed E-state index contributed by atoms with van der Waals surface area (Å²) < 4.78 is 5.06. The molecule has 1 aliphatic rings. The minimum Gasteiger partial charge on any atom is -0.463 e. The molecule has 1 aliphatic heterocycles. The Hall–Kier alpha value is -2.70. The number of nitrogens with one attached hydrogen (secondary N) is 1. The molecule has 1 aromatic heterocycles. The molecule has 7 nitrogen and oxygen atoms in total. The lowest BCUT2D eigenvalue weighted by molar-refractivity contribution is -0.431. The third-order valence-corrected chi connectivity index (χ3v) is 3.40. The highest BCUT2D eigenvalue weighted by molar-refractivity contribution is 5.92. The number of aromatic nitrogens is 1. The van der Waals surface area contributed by atoms with Crippen LogP contribution >= 0.6 is 0 Å². The Labute approximate surface area is 127 Å². The van der Waals surface area contributed by atoms with Crippen molar-refractivity contribution in [3.05, 3.63) is 62.9 Å². The minimum atomic E-state index is -0.850. The highest BCUT2D eigenvalue weighted by Crippen LogP contribution is 2.37. The fourth-order valence-electron chi connectivity index (χ4n) is 2.54. The van der Waals surface area contributed by atoms with E-state index in [1.807, 2.05) is 0 Å². The van der Waals surface area contributed by atoms with Gasteiger partial charge in [-0.05, 0) is 32.9 Å². The van der Waals surface area contributed by atoms with E-state index in [0.717, 1.165) is 0 Å². The van der Waals surface area contributed by atoms with Crippen molar-refractivity contribution < 1.29 is 14.5 Å². The van der Waals surface area contributed by atoms with E-state index in [-0.39, 0.29) is 17.9 Å². The molecular weight excluding hydrogens is 286 g/mol. The fourth-order valence-corrected chi connectivity index (χ4v) is 2.54. The van der Waals surface area contributed by atoms with E-state index in [9.17, 15) is 14.9 Å². The molecule has 0 radical (unpaired) electrons. The van der Waals surface area contributed by atoms with E-state index < -0.39 is 16.8 Å². The average Bonchev–Trinajstić information content (AvgIpc) is 2.47. The molecule has 1 atom stereocenters. The van der Waals surface area contributed by atoms with Gasteiger partial charge >= 0.3 is 5.97 Å². The van der Waals surface area contributed by atoms with Crippen molar-refractivity contribution in [3.8, 4) is 0 Å². The number of carbonyl (C=O) groups excluding carboxylic acids is 1. The molecule has 0 saturated heterocycles. The molecule has 116 valence electrons. The van der Waals surface area contributed by atoms with E-state index >= 15 is 0 Å². The molecule has 7 heteroatoms. The summed E-state index contributed by atoms with van der Waals surface area (Å²) >= 11 is 0. The first-order valence-electron chi connectivity index (χ1n) is 6.88. The van der Waals surface area contributed by atoms with Crippen LogP contribution in [0.3, 0.4) is 0 Å². The Balaban J connectivity index is 2.62. The van der Waals surface area contributed by atoms with E-state index in [0.29, 0.717) is 17.1 Å². The molecular formula is C15H17N3O4. The Kier molecular flexibility index (Phi) is 4.55. The predicted octanol–water partition coefficient (Wildman–Crippen LogP) is 2.11. The quantitative estimate of drug-likeness (QED) is 0.520. The Morgan fingerprint density at radius 2 is 2.14 bits per heavy atom. The van der Waals surface area contributed by atoms with Crippen LogP contribution in [-0.2, 0) is 9.53 Å². The number of allylic oxidation sites excluding steroid dienone is 3. The molecule has 0 aromatic carbocycles. The van der Waals surface area contributed by atoms with Gasteiger partial charge in [0.15, 0.2) is 0 Å². The summed E-state index contributed by atoms with van der Waals surface area (Å²) in [6, 6.07) is 5.11. The zero-order chi connectivity index (χ0) is 16.3. The smallest absolute Gasteiger partial charge is 0.337 e. The summed E-state index contributed by atoms with van der Waals surface area (Å²) in [5, 5.41) is 14.4. The molecule has 0 amide bonds. The van der Waals surface area contributed by atoms with Crippen LogP contribution in [0.1, 0.15) is 32.4 Å². The highest BCUT2D eigenvalue weighted by atomic mass is 16.6. The molecule has 1 unspecified atom stereocenters. The van der Waals surface area contributed by atoms with E-state index in [4.69, 9.17) is 4.74 Å². The maximum atomic E-state index is 12.3. The van der Waals surface area contributed by atoms with Gasteiger partial charge in [0.1, 0.15) is 5.92 Å². The molecule has 0 bridgehead atoms. The molecule has 1 aromatic rings. The van der Waals surface area contributed by atoms with Gasteiger partial charge in [-0.3, -0.25) is 15.1 Å². The van der Waals surface area contributed by atoms with Gasteiger partial charge < -0.3 is 10.1 Å². The summed E-state index contributed by atoms with van der Waals surface area (Å²) in [5.74, 6) is -1.42. The molecule has 1 N–H and O–H groups in total. The largest absolute Gasteiger partial charge is 0.463 e. The van der Waals surface area contributed by atoms with E-state index in [2.05, 4.69) is 10.3 Å². The summed E-state index contributed by atoms with van der Waals surface area (Å²) in [7, 11) is 0. The lowest BCUT2D eigenvalue weighted by atomic mass is 9.87. The standard InChI is InChI=1S/C15H17N3O4/c1-4-22-15(19)12-9(2)17-10(3)14(18(20)21)13(12)11-7-5-6-8-16-11/h5-8,13,17H,4H2,1-3H3. The molecule has 2 rings (SSSR count). The van der Waals surface area contributed by atoms with Gasteiger partial charge in [0.05, 0.1) is 28.5 Å². The first-order chi connectivity index (χ1) is 10.5. The third-order valence-electron chi connectivity index (χ3n) is 3.40. The van der Waals surface area contributed by atoms with Crippen LogP contribution in [0.25, 0.3) is 0 Å². The fraction of sp³-hybridized carbons (Fsp3) is 0.333. The Bertz CT molecular complexity index is 665. The van der Waals surface area contributed by atoms with Gasteiger partial charge in [-0.1, -0.05) is 6.07 Å². The number of rotatable bonds is 4. The number of nitro groups is 1. The summed E-state index contributed by atoms with van der Waals surface area (Å²) in [5.41, 5.74) is 1.51. The zero-order valence-corrected chi connectivity index (χ0v) is 12.6. The van der Waals surface area contributed by atoms with Gasteiger partial charge in [-0.15, -0.1) is 0 Å². The minimum absolute atomic E-state index is 0.0904. The van der Waals surface area contributed by atoms with Gasteiger partial charge in [0, 0.05) is 11.9 Å². The van der Waals surface area contributed by atoms with Crippen LogP contribution in [0, 0.1) is 10.1 Å². The van der Waals surface area contributed by atoms with Gasteiger partial charge in [0.25, 0.3) is 5.70 Å². The molecule has 2 heterocycles. The first-order valence-corrected chi connectivity index (χ1v) is 6.88. The number of pyridine rings is 1. The number of dihydropyridines is 1. The summed E-state index contributed by atoms with van der Waals surface area (Å²) in [6.07, 6.45) is 1.54. The number of hydrogen-bond acceptors (Lipinski definition) is 6. The number of carbonyl (C=O) groups is 1. The SMILES string of the molecule is CCOC(=O)C1=C(C)NC(C)=C([N+](=O)[O-])C1c1ccccn1. The second-order valence-corrected chi connectivity index (χ2v) is 4.84. The number of nitrogens with zero attached hydrogens (tertiary/aromatic N) is 2. The Morgan fingerprint density at radius 3 is 2.68 bits per heavy atom. The second kappa shape index (κ2) is 6.38. The highest BCUT2D eigenvalue weighted by Gasteiger charge is 2.41. The van der Waals surface area contributed by atoms with Crippen molar-refractivity contribution in [1.29, 1.82) is 0 Å². The maximum Gasteiger partial charge on any atom is 0.337 e. The van der Waals surface area contributed by atoms with Gasteiger partial charge in [-0.25, -0.2) is 4.79 Å². The predicted molar refractivity (Wildman–Crippen MR) is 79.1 cm³/mol. The normalized spacial score (nSPS) is 18.0. The number of esters is 1. The zero-order valence-electron chi connectivity index (χ0n) is 12.6. The van der Waals surface area contributed by atoms with E-state index in [1.54, 1.807) is 45.2 Å². The molecule has 0 aliphatic carbocycles. The van der Waals surface area contributed by atoms with Crippen LogP contribution in [0.15, 0.2) is 47.1 Å². The first kappa shape index (κ1) is 15.7.